The molecule has 0 aliphatic carbocycles. The average Bonchev–Trinajstić information content (AvgIpc) is 2.47. The number of hydrogen-bond donors (Lipinski definition) is 3. The molecule has 0 atom stereocenters. The van der Waals surface area contributed by atoms with Gasteiger partial charge in [-0.25, -0.2) is 4.79 Å². The topological polar surface area (TPSA) is 84.2 Å². The Bertz CT molecular complexity index is 710. The molecule has 0 saturated carbocycles. The summed E-state index contributed by atoms with van der Waals surface area (Å²) in [7, 11) is 0. The number of urea groups is 1. The molecule has 2 aromatic rings. The predicted molar refractivity (Wildman–Crippen MR) is 78.8 cm³/mol. The molecular formula is C15H12F3N3O2. The number of rotatable bonds is 2. The second-order valence-corrected chi connectivity index (χ2v) is 4.61. The highest BCUT2D eigenvalue weighted by Gasteiger charge is 2.30. The second-order valence-electron chi connectivity index (χ2n) is 4.61. The van der Waals surface area contributed by atoms with E-state index in [1.807, 2.05) is 0 Å². The molecule has 0 radical (unpaired) electrons. The van der Waals surface area contributed by atoms with E-state index in [-0.39, 0.29) is 11.3 Å². The van der Waals surface area contributed by atoms with Crippen molar-refractivity contribution in [3.63, 3.8) is 0 Å². The molecule has 0 aliphatic rings. The zero-order valence-corrected chi connectivity index (χ0v) is 11.6. The van der Waals surface area contributed by atoms with E-state index in [1.165, 1.54) is 24.3 Å². The first-order valence-corrected chi connectivity index (χ1v) is 6.41. The van der Waals surface area contributed by atoms with Gasteiger partial charge in [0.25, 0.3) is 5.91 Å². The summed E-state index contributed by atoms with van der Waals surface area (Å²) in [4.78, 5) is 23.4. The van der Waals surface area contributed by atoms with Crippen LogP contribution < -0.4 is 16.4 Å². The van der Waals surface area contributed by atoms with Gasteiger partial charge in [0.15, 0.2) is 0 Å². The molecule has 0 bridgehead atoms. The molecule has 0 heterocycles. The number of benzene rings is 2. The van der Waals surface area contributed by atoms with Crippen molar-refractivity contribution in [1.82, 2.24) is 5.32 Å². The number of nitrogens with two attached hydrogens (primary N) is 1. The molecule has 0 unspecified atom stereocenters. The van der Waals surface area contributed by atoms with Crippen LogP contribution >= 0.6 is 0 Å². The molecule has 0 spiro atoms. The van der Waals surface area contributed by atoms with Crippen molar-refractivity contribution in [2.45, 2.75) is 6.18 Å². The SMILES string of the molecule is Nc1ccc(C(=O)NC(=O)Nc2ccc(C(F)(F)F)cc2)cc1. The van der Waals surface area contributed by atoms with Crippen LogP contribution in [0.4, 0.5) is 29.3 Å². The van der Waals surface area contributed by atoms with Gasteiger partial charge in [-0.05, 0) is 48.5 Å². The van der Waals surface area contributed by atoms with Gasteiger partial charge in [0.05, 0.1) is 5.56 Å². The quantitative estimate of drug-likeness (QED) is 0.742. The third-order valence-electron chi connectivity index (χ3n) is 2.87. The highest BCUT2D eigenvalue weighted by atomic mass is 19.4. The van der Waals surface area contributed by atoms with Gasteiger partial charge in [-0.2, -0.15) is 13.2 Å². The van der Waals surface area contributed by atoms with Gasteiger partial charge >= 0.3 is 12.2 Å². The second kappa shape index (κ2) is 6.39. The van der Waals surface area contributed by atoms with Crippen LogP contribution in [0.3, 0.4) is 0 Å². The lowest BCUT2D eigenvalue weighted by Crippen LogP contribution is -2.34. The van der Waals surface area contributed by atoms with Gasteiger partial charge in [-0.15, -0.1) is 0 Å². The Hall–Kier alpha value is -3.03. The Labute approximate surface area is 129 Å². The Kier molecular flexibility index (Phi) is 4.54. The number of carbonyl (C=O) groups is 2. The predicted octanol–water partition coefficient (Wildman–Crippen LogP) is 3.25. The molecule has 120 valence electrons. The van der Waals surface area contributed by atoms with Gasteiger partial charge in [0, 0.05) is 16.9 Å². The van der Waals surface area contributed by atoms with Gasteiger partial charge in [-0.3, -0.25) is 10.1 Å². The van der Waals surface area contributed by atoms with E-state index in [0.29, 0.717) is 5.69 Å². The zero-order valence-electron chi connectivity index (χ0n) is 11.6. The number of nitrogen functional groups attached to an aromatic ring is 1. The van der Waals surface area contributed by atoms with E-state index in [1.54, 1.807) is 0 Å². The van der Waals surface area contributed by atoms with Crippen LogP contribution in [-0.4, -0.2) is 11.9 Å². The van der Waals surface area contributed by atoms with E-state index in [0.717, 1.165) is 24.3 Å². The van der Waals surface area contributed by atoms with Gasteiger partial charge in [-0.1, -0.05) is 0 Å². The van der Waals surface area contributed by atoms with Gasteiger partial charge < -0.3 is 11.1 Å². The third-order valence-corrected chi connectivity index (χ3v) is 2.87. The van der Waals surface area contributed by atoms with E-state index in [2.05, 4.69) is 10.6 Å². The number of hydrogen-bond acceptors (Lipinski definition) is 3. The molecule has 0 fully saturated rings. The van der Waals surface area contributed by atoms with Crippen LogP contribution in [0.25, 0.3) is 0 Å². The first-order chi connectivity index (χ1) is 10.8. The van der Waals surface area contributed by atoms with Crippen molar-refractivity contribution < 1.29 is 22.8 Å². The first kappa shape index (κ1) is 16.3. The van der Waals surface area contributed by atoms with Crippen molar-refractivity contribution in [3.05, 3.63) is 59.7 Å². The fraction of sp³-hybridized carbons (Fsp3) is 0.0667. The van der Waals surface area contributed by atoms with Crippen molar-refractivity contribution >= 4 is 23.3 Å². The number of anilines is 2. The highest BCUT2D eigenvalue weighted by molar-refractivity contribution is 6.08. The lowest BCUT2D eigenvalue weighted by atomic mass is 10.2. The minimum atomic E-state index is -4.45. The molecule has 8 heteroatoms. The van der Waals surface area contributed by atoms with Crippen LogP contribution in [0.15, 0.2) is 48.5 Å². The third kappa shape index (κ3) is 4.47. The summed E-state index contributed by atoms with van der Waals surface area (Å²) in [6.07, 6.45) is -4.45. The number of amides is 3. The van der Waals surface area contributed by atoms with Crippen molar-refractivity contribution in [2.75, 3.05) is 11.1 Å². The average molecular weight is 323 g/mol. The van der Waals surface area contributed by atoms with E-state index >= 15 is 0 Å². The van der Waals surface area contributed by atoms with Gasteiger partial charge in [0.1, 0.15) is 0 Å². The number of alkyl halides is 3. The van der Waals surface area contributed by atoms with Crippen molar-refractivity contribution in [3.8, 4) is 0 Å². The maximum Gasteiger partial charge on any atom is 0.416 e. The molecule has 0 saturated heterocycles. The van der Waals surface area contributed by atoms with Gasteiger partial charge in [0.2, 0.25) is 0 Å². The normalized spacial score (nSPS) is 10.9. The molecule has 5 nitrogen and oxygen atoms in total. The minimum Gasteiger partial charge on any atom is -0.399 e. The Morgan fingerprint density at radius 2 is 1.48 bits per heavy atom. The fourth-order valence-electron chi connectivity index (χ4n) is 1.71. The largest absolute Gasteiger partial charge is 0.416 e. The monoisotopic (exact) mass is 323 g/mol. The van der Waals surface area contributed by atoms with E-state index < -0.39 is 23.7 Å². The summed E-state index contributed by atoms with van der Waals surface area (Å²) < 4.78 is 37.3. The molecule has 3 amide bonds. The Morgan fingerprint density at radius 3 is 2.00 bits per heavy atom. The lowest BCUT2D eigenvalue weighted by Gasteiger charge is -2.09. The molecule has 2 aromatic carbocycles. The summed E-state index contributed by atoms with van der Waals surface area (Å²) in [6.45, 7) is 0. The Balaban J connectivity index is 1.96. The zero-order chi connectivity index (χ0) is 17.0. The molecule has 23 heavy (non-hydrogen) atoms. The van der Waals surface area contributed by atoms with Crippen LogP contribution in [0.5, 0.6) is 0 Å². The molecule has 2 rings (SSSR count). The summed E-state index contributed by atoms with van der Waals surface area (Å²) in [5.74, 6) is -0.658. The molecule has 0 aromatic heterocycles. The fourth-order valence-corrected chi connectivity index (χ4v) is 1.71. The van der Waals surface area contributed by atoms with Crippen LogP contribution in [0.2, 0.25) is 0 Å². The number of imide groups is 1. The van der Waals surface area contributed by atoms with Crippen molar-refractivity contribution in [2.24, 2.45) is 0 Å². The molecular weight excluding hydrogens is 311 g/mol. The maximum atomic E-state index is 12.4. The van der Waals surface area contributed by atoms with E-state index in [9.17, 15) is 22.8 Å². The van der Waals surface area contributed by atoms with E-state index in [4.69, 9.17) is 5.73 Å². The smallest absolute Gasteiger partial charge is 0.399 e. The van der Waals surface area contributed by atoms with Crippen molar-refractivity contribution in [1.29, 1.82) is 0 Å². The lowest BCUT2D eigenvalue weighted by molar-refractivity contribution is -0.137. The summed E-state index contributed by atoms with van der Waals surface area (Å²) in [5.41, 5.74) is 5.47. The number of nitrogens with one attached hydrogen (secondary N) is 2. The summed E-state index contributed by atoms with van der Waals surface area (Å²) in [6, 6.07) is 8.88. The number of carbonyl (C=O) groups excluding carboxylic acids is 2. The van der Waals surface area contributed by atoms with Crippen LogP contribution in [-0.2, 0) is 6.18 Å². The van der Waals surface area contributed by atoms with Crippen LogP contribution in [0.1, 0.15) is 15.9 Å². The first-order valence-electron chi connectivity index (χ1n) is 6.41. The summed E-state index contributed by atoms with van der Waals surface area (Å²) in [5, 5.41) is 4.33. The minimum absolute atomic E-state index is 0.126. The van der Waals surface area contributed by atoms with Crippen LogP contribution in [0, 0.1) is 0 Å². The standard InChI is InChI=1S/C15H12F3N3O2/c16-15(17,18)10-3-7-12(8-4-10)20-14(23)21-13(22)9-1-5-11(19)6-2-9/h1-8H,19H2,(H2,20,21,22,23). The highest BCUT2D eigenvalue weighted by Crippen LogP contribution is 2.29. The molecule has 0 aliphatic heterocycles. The summed E-state index contributed by atoms with van der Waals surface area (Å²) >= 11 is 0. The molecule has 4 N–H and O–H groups in total. The Morgan fingerprint density at radius 1 is 0.913 bits per heavy atom. The maximum absolute atomic E-state index is 12.4. The number of halogens is 3.